The number of benzene rings is 1. The molecule has 1 aliphatic heterocycles. The number of nitrogens with two attached hydrogens (primary N) is 3. The molecule has 0 radical (unpaired) electrons. The smallest absolute Gasteiger partial charge is 0.246 e. The van der Waals surface area contributed by atoms with Crippen LogP contribution in [0.15, 0.2) is 35.3 Å². The lowest BCUT2D eigenvalue weighted by atomic mass is 9.85. The fourth-order valence-corrected chi connectivity index (χ4v) is 11.2. The Hall–Kier alpha value is -5.60. The highest BCUT2D eigenvalue weighted by Crippen LogP contribution is 2.27. The molecule has 1 heterocycles. The lowest BCUT2D eigenvalue weighted by molar-refractivity contribution is -0.137. The van der Waals surface area contributed by atoms with E-state index in [-0.39, 0.29) is 126 Å². The second kappa shape index (κ2) is 39.0. The van der Waals surface area contributed by atoms with E-state index in [1.54, 1.807) is 58.0 Å². The fourth-order valence-electron chi connectivity index (χ4n) is 8.72. The average Bonchev–Trinajstić information content (AvgIpc) is 3.40. The second-order valence-electron chi connectivity index (χ2n) is 21.6. The van der Waals surface area contributed by atoms with Crippen molar-refractivity contribution in [2.45, 2.75) is 137 Å². The topological polar surface area (TPSA) is 377 Å². The van der Waals surface area contributed by atoms with E-state index in [0.29, 0.717) is 0 Å². The van der Waals surface area contributed by atoms with Crippen LogP contribution in [-0.2, 0) is 68.6 Å². The summed E-state index contributed by atoms with van der Waals surface area (Å²) in [6, 6.07) is 4.46. The number of hydrogen-bond acceptors (Lipinski definition) is 18. The molecule has 0 saturated carbocycles. The van der Waals surface area contributed by atoms with Crippen molar-refractivity contribution in [1.82, 2.24) is 26.6 Å². The Kier molecular flexibility index (Phi) is 34.4. The van der Waals surface area contributed by atoms with Gasteiger partial charge in [-0.1, -0.05) is 93.5 Å². The van der Waals surface area contributed by atoms with E-state index in [2.05, 4.69) is 31.6 Å². The van der Waals surface area contributed by atoms with Gasteiger partial charge in [0.05, 0.1) is 51.1 Å². The summed E-state index contributed by atoms with van der Waals surface area (Å²) in [6.07, 6.45) is -0.915. The monoisotopic (exact) mass is 1180 g/mol. The van der Waals surface area contributed by atoms with Gasteiger partial charge in [-0.15, -0.1) is 0 Å². The highest BCUT2D eigenvalue weighted by Gasteiger charge is 2.35. The molecule has 1 aromatic carbocycles. The van der Waals surface area contributed by atoms with Crippen LogP contribution in [0.4, 0.5) is 0 Å². The molecule has 8 unspecified atom stereocenters. The molecule has 1 aliphatic rings. The van der Waals surface area contributed by atoms with Crippen molar-refractivity contribution >= 4 is 91.8 Å². The molecule has 23 nitrogen and oxygen atoms in total. The maximum absolute atomic E-state index is 14.2. The van der Waals surface area contributed by atoms with Crippen molar-refractivity contribution in [1.29, 1.82) is 0 Å². The van der Waals surface area contributed by atoms with Gasteiger partial charge in [-0.25, -0.2) is 0 Å². The van der Waals surface area contributed by atoms with E-state index in [4.69, 9.17) is 26.7 Å². The first-order valence-corrected chi connectivity index (χ1v) is 30.2. The van der Waals surface area contributed by atoms with E-state index in [9.17, 15) is 57.8 Å². The van der Waals surface area contributed by atoms with E-state index >= 15 is 0 Å². The predicted octanol–water partition coefficient (Wildman–Crippen LogP) is 1.32. The molecule has 1 fully saturated rings. The maximum Gasteiger partial charge on any atom is 0.246 e. The fraction of sp³-hybridized carbons (Fsp3) is 0.679. The van der Waals surface area contributed by atoms with Gasteiger partial charge in [0.25, 0.3) is 0 Å². The molecule has 25 heteroatoms. The summed E-state index contributed by atoms with van der Waals surface area (Å²) >= 11 is 0. The highest BCUT2D eigenvalue weighted by atomic mass is 33.1. The molecule has 12 N–H and O–H groups in total. The van der Waals surface area contributed by atoms with Crippen molar-refractivity contribution in [3.63, 3.8) is 0 Å². The van der Waals surface area contributed by atoms with Gasteiger partial charge in [0.15, 0.2) is 29.1 Å². The lowest BCUT2D eigenvalue weighted by Gasteiger charge is -2.28. The molecule has 0 aliphatic carbocycles. The van der Waals surface area contributed by atoms with Crippen molar-refractivity contribution < 1.29 is 67.3 Å². The zero-order valence-electron chi connectivity index (χ0n) is 48.1. The van der Waals surface area contributed by atoms with Crippen LogP contribution in [0, 0.1) is 41.4 Å². The van der Waals surface area contributed by atoms with Crippen molar-refractivity contribution in [3.8, 4) is 0 Å². The number of guanidine groups is 1. The second-order valence-corrected chi connectivity index (χ2v) is 24.1. The lowest BCUT2D eigenvalue weighted by Crippen LogP contribution is -2.50. The first kappa shape index (κ1) is 71.5. The largest absolute Gasteiger partial charge is 0.394 e. The quantitative estimate of drug-likeness (QED) is 0.0617. The molecule has 0 bridgehead atoms. The van der Waals surface area contributed by atoms with Gasteiger partial charge < -0.3 is 58.4 Å². The molecule has 1 saturated heterocycles. The van der Waals surface area contributed by atoms with Crippen LogP contribution in [0.2, 0.25) is 0 Å². The molecule has 1 aromatic rings. The molecule has 2 rings (SSSR count). The standard InChI is InChI=1S/C56H89N9O14S2/c1-33(2)22-38-24-42(69)28-62-52(74)39(23-37-12-9-8-10-13-37)26-49(72)51(35(5)6)65-54(76)43(34(3)4)27-48(71)46(29-66)63-50(73)30-79-21-20-78-19-18-60-55(77)44(57)32-81-80-31-40(36(7)67)25-41(68)15-16-47(70)45(64-53(38)75)14-11-17-61-56(58)59/h8-10,12-13,33-35,38-40,43-46,51,66H,11,14-32,57H2,1-7H3,(H,60,77)(H,62,74)(H,63,73)(H,64,75)(H,65,76)(H4,58,59,61). The van der Waals surface area contributed by atoms with Gasteiger partial charge in [0.1, 0.15) is 24.2 Å². The molecule has 81 heavy (non-hydrogen) atoms. The SMILES string of the molecule is CC(=O)C1CSSCC(N)C(=O)NCCOCCOCC(=O)NC(CO)C(=O)CC(C(C)C)C(=O)NC(C(C)C)C(=O)CC(Cc2ccccc2)C(=O)NCC(=O)CC(CC(C)C)C(=O)NC(CCCN=C(N)N)C(=O)CCC(=O)C1. The van der Waals surface area contributed by atoms with Gasteiger partial charge >= 0.3 is 0 Å². The third-order valence-electron chi connectivity index (χ3n) is 13.4. The van der Waals surface area contributed by atoms with Gasteiger partial charge in [0, 0.05) is 86.8 Å². The Bertz CT molecular complexity index is 2270. The summed E-state index contributed by atoms with van der Waals surface area (Å²) in [5, 5.41) is 23.5. The number of ether oxygens (including phenoxy) is 2. The summed E-state index contributed by atoms with van der Waals surface area (Å²) in [6.45, 7) is 10.6. The number of aliphatic hydroxyl groups is 1. The van der Waals surface area contributed by atoms with E-state index in [1.165, 1.54) is 28.5 Å². The number of rotatable bonds is 12. The van der Waals surface area contributed by atoms with E-state index in [1.807, 2.05) is 13.8 Å². The summed E-state index contributed by atoms with van der Waals surface area (Å²) in [4.78, 5) is 153. The normalized spacial score (nSPS) is 25.2. The number of ketones is 6. The maximum atomic E-state index is 14.2. The molecule has 454 valence electrons. The van der Waals surface area contributed by atoms with Crippen LogP contribution < -0.4 is 43.8 Å². The summed E-state index contributed by atoms with van der Waals surface area (Å²) in [5.74, 6) is -9.95. The summed E-state index contributed by atoms with van der Waals surface area (Å²) < 4.78 is 10.8. The molecule has 0 aromatic heterocycles. The number of Topliss-reactive ketones (excluding diaryl/α,β-unsaturated/α-hetero) is 6. The van der Waals surface area contributed by atoms with Crippen molar-refractivity contribution in [2.75, 3.05) is 64.2 Å². The number of carbonyl (C=O) groups is 11. The number of nitrogens with zero attached hydrogens (tertiary/aromatic N) is 1. The average molecular weight is 1180 g/mol. The Morgan fingerprint density at radius 1 is 0.704 bits per heavy atom. The molecule has 0 spiro atoms. The third kappa shape index (κ3) is 29.3. The summed E-state index contributed by atoms with van der Waals surface area (Å²) in [7, 11) is 2.53. The Morgan fingerprint density at radius 2 is 1.38 bits per heavy atom. The van der Waals surface area contributed by atoms with Crippen molar-refractivity contribution in [3.05, 3.63) is 35.9 Å². The van der Waals surface area contributed by atoms with E-state index in [0.717, 1.165) is 5.56 Å². The Labute approximate surface area is 484 Å². The van der Waals surface area contributed by atoms with Gasteiger partial charge in [0.2, 0.25) is 29.5 Å². The van der Waals surface area contributed by atoms with Crippen LogP contribution >= 0.6 is 21.6 Å². The zero-order valence-corrected chi connectivity index (χ0v) is 49.8. The molecule has 8 atom stereocenters. The van der Waals surface area contributed by atoms with Crippen LogP contribution in [0.1, 0.15) is 112 Å². The summed E-state index contributed by atoms with van der Waals surface area (Å²) in [5.41, 5.74) is 17.8. The van der Waals surface area contributed by atoms with Crippen molar-refractivity contribution in [2.24, 2.45) is 63.6 Å². The Balaban J connectivity index is 2.44. The van der Waals surface area contributed by atoms with Crippen LogP contribution in [0.5, 0.6) is 0 Å². The predicted molar refractivity (Wildman–Crippen MR) is 310 cm³/mol. The number of carbonyl (C=O) groups excluding carboxylic acids is 11. The van der Waals surface area contributed by atoms with Gasteiger partial charge in [-0.05, 0) is 55.9 Å². The minimum absolute atomic E-state index is 0.0258. The van der Waals surface area contributed by atoms with E-state index < -0.39 is 139 Å². The Morgan fingerprint density at radius 3 is 2.01 bits per heavy atom. The van der Waals surface area contributed by atoms with Gasteiger partial charge in [-0.2, -0.15) is 0 Å². The number of hydrogen-bond donors (Lipinski definition) is 9. The molecular formula is C56H89N9O14S2. The van der Waals surface area contributed by atoms with Gasteiger partial charge in [-0.3, -0.25) is 57.7 Å². The zero-order chi connectivity index (χ0) is 60.6. The first-order valence-electron chi connectivity index (χ1n) is 27.8. The minimum atomic E-state index is -1.37. The third-order valence-corrected chi connectivity index (χ3v) is 15.9. The number of aliphatic hydroxyl groups excluding tert-OH is 1. The van der Waals surface area contributed by atoms with Crippen LogP contribution in [-0.4, -0.2) is 164 Å². The molecule has 5 amide bonds. The minimum Gasteiger partial charge on any atom is -0.394 e. The van der Waals surface area contributed by atoms with Crippen LogP contribution in [0.25, 0.3) is 0 Å². The number of amides is 5. The number of aliphatic imine (C=N–C) groups is 1. The van der Waals surface area contributed by atoms with Crippen LogP contribution in [0.3, 0.4) is 0 Å². The first-order chi connectivity index (χ1) is 38.3. The number of nitrogens with one attached hydrogen (secondary N) is 5. The highest BCUT2D eigenvalue weighted by molar-refractivity contribution is 8.76. The molecular weight excluding hydrogens is 1090 g/mol.